The van der Waals surface area contributed by atoms with Gasteiger partial charge in [-0.3, -0.25) is 9.59 Å². The number of hydrogen-bond acceptors (Lipinski definition) is 3. The highest BCUT2D eigenvalue weighted by Crippen LogP contribution is 2.09. The van der Waals surface area contributed by atoms with Crippen LogP contribution in [0.2, 0.25) is 0 Å². The summed E-state index contributed by atoms with van der Waals surface area (Å²) < 4.78 is 0. The van der Waals surface area contributed by atoms with Crippen molar-refractivity contribution in [2.45, 2.75) is 19.9 Å². The van der Waals surface area contributed by atoms with Crippen molar-refractivity contribution in [2.24, 2.45) is 0 Å². The number of nitrogens with zero attached hydrogens (tertiary/aromatic N) is 1. The van der Waals surface area contributed by atoms with Crippen LogP contribution in [0.3, 0.4) is 0 Å². The Hall–Kier alpha value is -2.37. The molecule has 0 bridgehead atoms. The fourth-order valence-corrected chi connectivity index (χ4v) is 1.69. The van der Waals surface area contributed by atoms with Crippen LogP contribution in [-0.4, -0.2) is 47.4 Å². The van der Waals surface area contributed by atoms with Crippen LogP contribution in [0.25, 0.3) is 0 Å². The first-order valence-electron chi connectivity index (χ1n) is 6.26. The first kappa shape index (κ1) is 15.7. The molecule has 0 radical (unpaired) electrons. The number of carboxylic acids is 1. The predicted octanol–water partition coefficient (Wildman–Crippen LogP) is 0.981. The van der Waals surface area contributed by atoms with Crippen molar-refractivity contribution in [2.75, 3.05) is 13.6 Å². The van der Waals surface area contributed by atoms with Gasteiger partial charge in [0.2, 0.25) is 5.91 Å². The largest absolute Gasteiger partial charge is 0.478 e. The van der Waals surface area contributed by atoms with Crippen LogP contribution in [0.5, 0.6) is 0 Å². The summed E-state index contributed by atoms with van der Waals surface area (Å²) >= 11 is 0. The smallest absolute Gasteiger partial charge is 0.336 e. The molecule has 0 fully saturated rings. The minimum absolute atomic E-state index is 0.0406. The third-order valence-corrected chi connectivity index (χ3v) is 2.97. The second-order valence-corrected chi connectivity index (χ2v) is 4.40. The standard InChI is InChI=1S/C14H18N2O4/c1-4-16(3)13(18)9(2)15-12(17)10-7-5-6-8-11(10)14(19)20/h5-9H,4H2,1-3H3,(H,15,17)(H,19,20). The number of carbonyl (C=O) groups excluding carboxylic acids is 2. The lowest BCUT2D eigenvalue weighted by Gasteiger charge is -2.20. The highest BCUT2D eigenvalue weighted by molar-refractivity contribution is 6.05. The molecule has 6 heteroatoms. The van der Waals surface area contributed by atoms with E-state index in [0.29, 0.717) is 6.54 Å². The fourth-order valence-electron chi connectivity index (χ4n) is 1.69. The Balaban J connectivity index is 2.87. The lowest BCUT2D eigenvalue weighted by atomic mass is 10.1. The van der Waals surface area contributed by atoms with E-state index in [1.165, 1.54) is 17.0 Å². The van der Waals surface area contributed by atoms with Gasteiger partial charge < -0.3 is 15.3 Å². The molecular formula is C14H18N2O4. The van der Waals surface area contributed by atoms with E-state index in [9.17, 15) is 14.4 Å². The Bertz CT molecular complexity index is 528. The summed E-state index contributed by atoms with van der Waals surface area (Å²) in [5.74, 6) is -1.98. The number of carbonyl (C=O) groups is 3. The molecule has 20 heavy (non-hydrogen) atoms. The van der Waals surface area contributed by atoms with Crippen molar-refractivity contribution in [3.8, 4) is 0 Å². The number of amides is 2. The van der Waals surface area contributed by atoms with Gasteiger partial charge in [0.15, 0.2) is 0 Å². The van der Waals surface area contributed by atoms with E-state index >= 15 is 0 Å². The van der Waals surface area contributed by atoms with Crippen LogP contribution in [-0.2, 0) is 4.79 Å². The molecule has 1 unspecified atom stereocenters. The Morgan fingerprint density at radius 3 is 2.30 bits per heavy atom. The summed E-state index contributed by atoms with van der Waals surface area (Å²) in [6, 6.07) is 5.17. The highest BCUT2D eigenvalue weighted by Gasteiger charge is 2.21. The molecule has 6 nitrogen and oxygen atoms in total. The van der Waals surface area contributed by atoms with E-state index in [1.54, 1.807) is 26.1 Å². The summed E-state index contributed by atoms with van der Waals surface area (Å²) in [6.07, 6.45) is 0. The lowest BCUT2D eigenvalue weighted by Crippen LogP contribution is -2.45. The molecule has 0 aliphatic heterocycles. The molecule has 2 N–H and O–H groups in total. The summed E-state index contributed by atoms with van der Waals surface area (Å²) in [5, 5.41) is 11.5. The molecule has 0 saturated heterocycles. The molecule has 1 rings (SSSR count). The molecule has 108 valence electrons. The second-order valence-electron chi connectivity index (χ2n) is 4.40. The van der Waals surface area contributed by atoms with Crippen molar-refractivity contribution in [3.05, 3.63) is 35.4 Å². The number of likely N-dealkylation sites (N-methyl/N-ethyl adjacent to an activating group) is 1. The summed E-state index contributed by atoms with van der Waals surface area (Å²) in [4.78, 5) is 36.4. The van der Waals surface area contributed by atoms with Gasteiger partial charge in [0.05, 0.1) is 11.1 Å². The van der Waals surface area contributed by atoms with E-state index in [1.807, 2.05) is 6.92 Å². The molecule has 0 saturated carbocycles. The maximum atomic E-state index is 12.1. The Kier molecular flexibility index (Phi) is 5.25. The predicted molar refractivity (Wildman–Crippen MR) is 73.6 cm³/mol. The average molecular weight is 278 g/mol. The normalized spacial score (nSPS) is 11.6. The maximum absolute atomic E-state index is 12.1. The van der Waals surface area contributed by atoms with E-state index in [4.69, 9.17) is 5.11 Å². The van der Waals surface area contributed by atoms with Gasteiger partial charge in [0, 0.05) is 13.6 Å². The van der Waals surface area contributed by atoms with Crippen molar-refractivity contribution in [1.29, 1.82) is 0 Å². The van der Waals surface area contributed by atoms with Gasteiger partial charge in [-0.2, -0.15) is 0 Å². The van der Waals surface area contributed by atoms with Crippen molar-refractivity contribution in [1.82, 2.24) is 10.2 Å². The molecule has 0 aromatic heterocycles. The van der Waals surface area contributed by atoms with Crippen LogP contribution in [0.1, 0.15) is 34.6 Å². The van der Waals surface area contributed by atoms with Crippen molar-refractivity contribution >= 4 is 17.8 Å². The Labute approximate surface area is 117 Å². The molecule has 0 heterocycles. The van der Waals surface area contributed by atoms with Gasteiger partial charge in [-0.25, -0.2) is 4.79 Å². The van der Waals surface area contributed by atoms with Gasteiger partial charge in [-0.1, -0.05) is 12.1 Å². The number of aromatic carboxylic acids is 1. The number of carboxylic acid groups (broad SMARTS) is 1. The van der Waals surface area contributed by atoms with Crippen LogP contribution >= 0.6 is 0 Å². The molecule has 0 aliphatic rings. The highest BCUT2D eigenvalue weighted by atomic mass is 16.4. The minimum Gasteiger partial charge on any atom is -0.478 e. The van der Waals surface area contributed by atoms with E-state index < -0.39 is 17.9 Å². The quantitative estimate of drug-likeness (QED) is 0.840. The lowest BCUT2D eigenvalue weighted by molar-refractivity contribution is -0.131. The van der Waals surface area contributed by atoms with Crippen LogP contribution < -0.4 is 5.32 Å². The van der Waals surface area contributed by atoms with E-state index in [0.717, 1.165) is 0 Å². The number of rotatable bonds is 5. The molecule has 1 aromatic carbocycles. The van der Waals surface area contributed by atoms with Gasteiger partial charge in [-0.15, -0.1) is 0 Å². The zero-order valence-corrected chi connectivity index (χ0v) is 11.7. The first-order chi connectivity index (χ1) is 9.38. The third-order valence-electron chi connectivity index (χ3n) is 2.97. The summed E-state index contributed by atoms with van der Waals surface area (Å²) in [7, 11) is 1.64. The van der Waals surface area contributed by atoms with Crippen molar-refractivity contribution in [3.63, 3.8) is 0 Å². The third kappa shape index (κ3) is 3.57. The molecular weight excluding hydrogens is 260 g/mol. The van der Waals surface area contributed by atoms with Gasteiger partial charge >= 0.3 is 5.97 Å². The fraction of sp³-hybridized carbons (Fsp3) is 0.357. The van der Waals surface area contributed by atoms with E-state index in [-0.39, 0.29) is 17.0 Å². The summed E-state index contributed by atoms with van der Waals surface area (Å²) in [5.41, 5.74) is -0.0488. The van der Waals surface area contributed by atoms with Crippen LogP contribution in [0, 0.1) is 0 Å². The number of benzene rings is 1. The number of nitrogens with one attached hydrogen (secondary N) is 1. The monoisotopic (exact) mass is 278 g/mol. The second kappa shape index (κ2) is 6.70. The topological polar surface area (TPSA) is 86.7 Å². The Morgan fingerprint density at radius 1 is 1.25 bits per heavy atom. The Morgan fingerprint density at radius 2 is 1.80 bits per heavy atom. The molecule has 2 amide bonds. The zero-order valence-electron chi connectivity index (χ0n) is 11.7. The SMILES string of the molecule is CCN(C)C(=O)C(C)NC(=O)c1ccccc1C(=O)O. The molecule has 0 spiro atoms. The zero-order chi connectivity index (χ0) is 15.3. The average Bonchev–Trinajstić information content (AvgIpc) is 2.45. The summed E-state index contributed by atoms with van der Waals surface area (Å²) in [6.45, 7) is 3.92. The van der Waals surface area contributed by atoms with Crippen LogP contribution in [0.4, 0.5) is 0 Å². The molecule has 0 aliphatic carbocycles. The van der Waals surface area contributed by atoms with Gasteiger partial charge in [0.25, 0.3) is 5.91 Å². The minimum atomic E-state index is -1.18. The molecule has 1 aromatic rings. The van der Waals surface area contributed by atoms with Crippen molar-refractivity contribution < 1.29 is 19.5 Å². The van der Waals surface area contributed by atoms with Gasteiger partial charge in [0.1, 0.15) is 6.04 Å². The number of hydrogen-bond donors (Lipinski definition) is 2. The van der Waals surface area contributed by atoms with Gasteiger partial charge in [-0.05, 0) is 26.0 Å². The van der Waals surface area contributed by atoms with E-state index in [2.05, 4.69) is 5.32 Å². The maximum Gasteiger partial charge on any atom is 0.336 e. The first-order valence-corrected chi connectivity index (χ1v) is 6.26. The van der Waals surface area contributed by atoms with Crippen LogP contribution in [0.15, 0.2) is 24.3 Å². The molecule has 1 atom stereocenters.